The Balaban J connectivity index is 1.43. The summed E-state index contributed by atoms with van der Waals surface area (Å²) < 4.78 is 0. The Kier molecular flexibility index (Phi) is 5.38. The molecule has 0 aliphatic heterocycles. The summed E-state index contributed by atoms with van der Waals surface area (Å²) in [6, 6.07) is 23.3. The zero-order valence-electron chi connectivity index (χ0n) is 16.0. The Morgan fingerprint density at radius 2 is 1.72 bits per heavy atom. The molecule has 0 saturated heterocycles. The first-order valence-electron chi connectivity index (χ1n) is 9.38. The Hall–Kier alpha value is -3.86. The van der Waals surface area contributed by atoms with E-state index in [0.717, 1.165) is 28.2 Å². The molecule has 4 rings (SSSR count). The van der Waals surface area contributed by atoms with E-state index in [0.29, 0.717) is 11.4 Å². The maximum absolute atomic E-state index is 12.4. The molecule has 4 aromatic rings. The van der Waals surface area contributed by atoms with E-state index in [1.165, 1.54) is 0 Å². The van der Waals surface area contributed by atoms with Gasteiger partial charge >= 0.3 is 0 Å². The number of nitrogens with zero attached hydrogens (tertiary/aromatic N) is 3. The summed E-state index contributed by atoms with van der Waals surface area (Å²) >= 11 is 0. The number of hydrogen-bond acceptors (Lipinski definition) is 4. The molecule has 5 heteroatoms. The molecule has 29 heavy (non-hydrogen) atoms. The van der Waals surface area contributed by atoms with Crippen LogP contribution in [-0.2, 0) is 11.2 Å². The van der Waals surface area contributed by atoms with Gasteiger partial charge in [0.05, 0.1) is 35.4 Å². The van der Waals surface area contributed by atoms with E-state index < -0.39 is 0 Å². The van der Waals surface area contributed by atoms with Gasteiger partial charge in [-0.2, -0.15) is 0 Å². The maximum Gasteiger partial charge on any atom is 0.230 e. The van der Waals surface area contributed by atoms with Gasteiger partial charge in [-0.1, -0.05) is 36.4 Å². The van der Waals surface area contributed by atoms with E-state index in [1.807, 2.05) is 79.7 Å². The predicted molar refractivity (Wildman–Crippen MR) is 114 cm³/mol. The van der Waals surface area contributed by atoms with E-state index in [-0.39, 0.29) is 12.3 Å². The lowest BCUT2D eigenvalue weighted by atomic mass is 10.1. The number of carbonyl (C=O) groups is 1. The van der Waals surface area contributed by atoms with Crippen molar-refractivity contribution in [3.8, 4) is 22.5 Å². The summed E-state index contributed by atoms with van der Waals surface area (Å²) in [5, 5.41) is 2.89. The smallest absolute Gasteiger partial charge is 0.230 e. The van der Waals surface area contributed by atoms with E-state index in [2.05, 4.69) is 20.3 Å². The molecule has 142 valence electrons. The minimum atomic E-state index is -0.130. The van der Waals surface area contributed by atoms with Crippen molar-refractivity contribution in [3.63, 3.8) is 0 Å². The van der Waals surface area contributed by atoms with Gasteiger partial charge in [-0.25, -0.2) is 0 Å². The van der Waals surface area contributed by atoms with E-state index in [1.54, 1.807) is 12.4 Å². The van der Waals surface area contributed by atoms with Gasteiger partial charge in [0.2, 0.25) is 5.91 Å². The zero-order chi connectivity index (χ0) is 20.1. The third-order valence-corrected chi connectivity index (χ3v) is 4.46. The first-order chi connectivity index (χ1) is 14.2. The van der Waals surface area contributed by atoms with Gasteiger partial charge in [-0.15, -0.1) is 0 Å². The number of hydrogen-bond donors (Lipinski definition) is 1. The normalized spacial score (nSPS) is 10.5. The van der Waals surface area contributed by atoms with Crippen LogP contribution >= 0.6 is 0 Å². The largest absolute Gasteiger partial charge is 0.324 e. The van der Waals surface area contributed by atoms with Crippen molar-refractivity contribution < 1.29 is 4.79 Å². The molecular weight excluding hydrogens is 360 g/mol. The number of nitrogens with one attached hydrogen (secondary N) is 1. The van der Waals surface area contributed by atoms with Gasteiger partial charge < -0.3 is 5.32 Å². The topological polar surface area (TPSA) is 67.8 Å². The summed E-state index contributed by atoms with van der Waals surface area (Å²) in [6.07, 6.45) is 3.63. The molecule has 0 saturated carbocycles. The van der Waals surface area contributed by atoms with Gasteiger partial charge in [0.25, 0.3) is 0 Å². The van der Waals surface area contributed by atoms with Gasteiger partial charge in [0.15, 0.2) is 0 Å². The zero-order valence-corrected chi connectivity index (χ0v) is 16.0. The molecule has 0 radical (unpaired) electrons. The van der Waals surface area contributed by atoms with Crippen LogP contribution in [0.3, 0.4) is 0 Å². The SMILES string of the molecule is Cc1cc(-c2cccc(CC(=O)Nc3ccc(-c4ccccc4)nc3)n2)ccn1. The Bertz CT molecular complexity index is 1120. The van der Waals surface area contributed by atoms with E-state index in [4.69, 9.17) is 0 Å². The lowest BCUT2D eigenvalue weighted by Crippen LogP contribution is -2.15. The number of pyridine rings is 3. The fourth-order valence-corrected chi connectivity index (χ4v) is 3.06. The van der Waals surface area contributed by atoms with Gasteiger partial charge in [0.1, 0.15) is 0 Å². The number of rotatable bonds is 5. The number of carbonyl (C=O) groups excluding carboxylic acids is 1. The summed E-state index contributed by atoms with van der Waals surface area (Å²) in [5.41, 5.74) is 6.02. The Morgan fingerprint density at radius 1 is 0.862 bits per heavy atom. The van der Waals surface area contributed by atoms with Crippen LogP contribution in [0.25, 0.3) is 22.5 Å². The monoisotopic (exact) mass is 380 g/mol. The second-order valence-electron chi connectivity index (χ2n) is 6.72. The second-order valence-corrected chi connectivity index (χ2v) is 6.72. The fourth-order valence-electron chi connectivity index (χ4n) is 3.06. The van der Waals surface area contributed by atoms with Crippen LogP contribution in [0, 0.1) is 6.92 Å². The van der Waals surface area contributed by atoms with Gasteiger partial charge in [0, 0.05) is 23.0 Å². The van der Waals surface area contributed by atoms with Crippen molar-refractivity contribution >= 4 is 11.6 Å². The maximum atomic E-state index is 12.4. The van der Waals surface area contributed by atoms with Crippen LogP contribution in [0.15, 0.2) is 85.2 Å². The lowest BCUT2D eigenvalue weighted by molar-refractivity contribution is -0.115. The molecule has 0 bridgehead atoms. The van der Waals surface area contributed by atoms with E-state index in [9.17, 15) is 4.79 Å². The standard InChI is InChI=1S/C24H20N4O/c1-17-14-19(12-13-25-17)23-9-5-8-20(27-23)15-24(29)28-21-10-11-22(26-16-21)18-6-3-2-4-7-18/h2-14,16H,15H2,1H3,(H,28,29). The summed E-state index contributed by atoms with van der Waals surface area (Å²) in [6.45, 7) is 1.94. The van der Waals surface area contributed by atoms with Gasteiger partial charge in [-0.05, 0) is 43.3 Å². The van der Waals surface area contributed by atoms with Crippen molar-refractivity contribution in [2.24, 2.45) is 0 Å². The highest BCUT2D eigenvalue weighted by atomic mass is 16.1. The van der Waals surface area contributed by atoms with Crippen LogP contribution in [0.2, 0.25) is 0 Å². The first-order valence-corrected chi connectivity index (χ1v) is 9.38. The van der Waals surface area contributed by atoms with Crippen LogP contribution in [0.4, 0.5) is 5.69 Å². The highest BCUT2D eigenvalue weighted by molar-refractivity contribution is 5.92. The highest BCUT2D eigenvalue weighted by Crippen LogP contribution is 2.19. The molecule has 1 aromatic carbocycles. The Morgan fingerprint density at radius 3 is 2.48 bits per heavy atom. The minimum absolute atomic E-state index is 0.130. The molecule has 3 aromatic heterocycles. The molecular formula is C24H20N4O. The number of benzene rings is 1. The molecule has 3 heterocycles. The number of anilines is 1. The van der Waals surface area contributed by atoms with Crippen molar-refractivity contribution in [3.05, 3.63) is 96.6 Å². The van der Waals surface area contributed by atoms with Gasteiger partial charge in [-0.3, -0.25) is 19.7 Å². The van der Waals surface area contributed by atoms with Crippen LogP contribution < -0.4 is 5.32 Å². The third-order valence-electron chi connectivity index (χ3n) is 4.46. The number of aromatic nitrogens is 3. The quantitative estimate of drug-likeness (QED) is 0.545. The lowest BCUT2D eigenvalue weighted by Gasteiger charge is -2.08. The molecule has 1 amide bonds. The highest BCUT2D eigenvalue weighted by Gasteiger charge is 2.08. The summed E-state index contributed by atoms with van der Waals surface area (Å²) in [7, 11) is 0. The molecule has 0 unspecified atom stereocenters. The Labute approximate surface area is 169 Å². The molecule has 0 atom stereocenters. The molecule has 1 N–H and O–H groups in total. The average molecular weight is 380 g/mol. The van der Waals surface area contributed by atoms with Crippen LogP contribution in [-0.4, -0.2) is 20.9 Å². The fraction of sp³-hybridized carbons (Fsp3) is 0.0833. The predicted octanol–water partition coefficient (Wildman–Crippen LogP) is 4.70. The summed E-state index contributed by atoms with van der Waals surface area (Å²) in [5.74, 6) is -0.130. The van der Waals surface area contributed by atoms with Crippen molar-refractivity contribution in [2.45, 2.75) is 13.3 Å². The average Bonchev–Trinajstić information content (AvgIpc) is 2.75. The number of amides is 1. The minimum Gasteiger partial charge on any atom is -0.324 e. The molecule has 0 fully saturated rings. The molecule has 5 nitrogen and oxygen atoms in total. The third kappa shape index (κ3) is 4.71. The summed E-state index contributed by atoms with van der Waals surface area (Å²) in [4.78, 5) is 25.7. The second kappa shape index (κ2) is 8.44. The molecule has 0 aliphatic rings. The first kappa shape index (κ1) is 18.5. The van der Waals surface area contributed by atoms with Crippen molar-refractivity contribution in [1.29, 1.82) is 0 Å². The molecule has 0 spiro atoms. The van der Waals surface area contributed by atoms with Crippen LogP contribution in [0.5, 0.6) is 0 Å². The molecule has 0 aliphatic carbocycles. The number of aryl methyl sites for hydroxylation is 1. The van der Waals surface area contributed by atoms with Crippen molar-refractivity contribution in [2.75, 3.05) is 5.32 Å². The van der Waals surface area contributed by atoms with Crippen LogP contribution in [0.1, 0.15) is 11.4 Å². The van der Waals surface area contributed by atoms with E-state index >= 15 is 0 Å². The van der Waals surface area contributed by atoms with Crippen molar-refractivity contribution in [1.82, 2.24) is 15.0 Å².